The van der Waals surface area contributed by atoms with E-state index in [2.05, 4.69) is 20.0 Å². The maximum Gasteiger partial charge on any atom is 0.225 e. The van der Waals surface area contributed by atoms with Gasteiger partial charge < -0.3 is 9.80 Å². The Kier molecular flexibility index (Phi) is 3.94. The predicted molar refractivity (Wildman–Crippen MR) is 94.9 cm³/mol. The molecular weight excluding hydrogens is 316 g/mol. The van der Waals surface area contributed by atoms with Crippen LogP contribution in [0.5, 0.6) is 0 Å². The molecule has 0 radical (unpaired) electrons. The van der Waals surface area contributed by atoms with Crippen LogP contribution in [-0.2, 0) is 4.79 Å². The van der Waals surface area contributed by atoms with Crippen molar-refractivity contribution >= 4 is 11.7 Å². The van der Waals surface area contributed by atoms with Crippen LogP contribution in [-0.4, -0.2) is 56.7 Å². The average Bonchev–Trinajstić information content (AvgIpc) is 3.38. The molecule has 1 aliphatic carbocycles. The van der Waals surface area contributed by atoms with Crippen LogP contribution in [0.15, 0.2) is 12.1 Å². The van der Waals surface area contributed by atoms with E-state index in [1.54, 1.807) is 0 Å². The fourth-order valence-corrected chi connectivity index (χ4v) is 3.41. The zero-order valence-corrected chi connectivity index (χ0v) is 15.1. The maximum atomic E-state index is 12.2. The lowest BCUT2D eigenvalue weighted by Gasteiger charge is -2.35. The number of hydrogen-bond donors (Lipinski definition) is 0. The molecule has 1 amide bonds. The van der Waals surface area contributed by atoms with Crippen molar-refractivity contribution in [1.29, 1.82) is 0 Å². The van der Waals surface area contributed by atoms with Crippen molar-refractivity contribution in [2.45, 2.75) is 33.6 Å². The summed E-state index contributed by atoms with van der Waals surface area (Å²) in [6.45, 7) is 9.08. The Hall–Kier alpha value is -2.44. The summed E-state index contributed by atoms with van der Waals surface area (Å²) in [7, 11) is 0. The second kappa shape index (κ2) is 6.13. The molecule has 25 heavy (non-hydrogen) atoms. The minimum absolute atomic E-state index is 0.297. The van der Waals surface area contributed by atoms with E-state index >= 15 is 0 Å². The van der Waals surface area contributed by atoms with Gasteiger partial charge in [-0.1, -0.05) is 0 Å². The fourth-order valence-electron chi connectivity index (χ4n) is 3.41. The van der Waals surface area contributed by atoms with Crippen molar-refractivity contribution in [2.24, 2.45) is 5.92 Å². The summed E-state index contributed by atoms with van der Waals surface area (Å²) < 4.78 is 1.86. The van der Waals surface area contributed by atoms with Gasteiger partial charge in [0.25, 0.3) is 0 Å². The Morgan fingerprint density at radius 2 is 1.68 bits per heavy atom. The van der Waals surface area contributed by atoms with Crippen molar-refractivity contribution in [2.75, 3.05) is 31.1 Å². The van der Waals surface area contributed by atoms with E-state index in [1.807, 2.05) is 42.5 Å². The Labute approximate surface area is 147 Å². The van der Waals surface area contributed by atoms with E-state index in [0.717, 1.165) is 67.9 Å². The van der Waals surface area contributed by atoms with Crippen LogP contribution in [0.2, 0.25) is 0 Å². The van der Waals surface area contributed by atoms with Gasteiger partial charge in [0, 0.05) is 43.9 Å². The Balaban J connectivity index is 1.53. The average molecular weight is 340 g/mol. The van der Waals surface area contributed by atoms with Gasteiger partial charge in [-0.2, -0.15) is 5.10 Å². The largest absolute Gasteiger partial charge is 0.353 e. The third-order valence-corrected chi connectivity index (χ3v) is 4.88. The normalized spacial score (nSPS) is 17.9. The summed E-state index contributed by atoms with van der Waals surface area (Å²) in [5.41, 5.74) is 2.03. The first-order chi connectivity index (χ1) is 12.0. The Morgan fingerprint density at radius 3 is 2.28 bits per heavy atom. The highest BCUT2D eigenvalue weighted by Gasteiger charge is 2.34. The van der Waals surface area contributed by atoms with Crippen LogP contribution in [0.1, 0.15) is 30.1 Å². The second-order valence-electron chi connectivity index (χ2n) is 7.06. The van der Waals surface area contributed by atoms with Crippen LogP contribution in [0.4, 0.5) is 5.82 Å². The standard InChI is InChI=1S/C18H24N6O/c1-12-10-13(2)24(21-12)17-11-16(19-14(3)20-17)22-6-8-23(9-7-22)18(25)15-4-5-15/h10-11,15H,4-9H2,1-3H3. The summed E-state index contributed by atoms with van der Waals surface area (Å²) in [5.74, 6) is 3.07. The van der Waals surface area contributed by atoms with Gasteiger partial charge in [0.2, 0.25) is 5.91 Å². The van der Waals surface area contributed by atoms with E-state index < -0.39 is 0 Å². The van der Waals surface area contributed by atoms with Gasteiger partial charge in [0.15, 0.2) is 5.82 Å². The molecule has 1 saturated carbocycles. The van der Waals surface area contributed by atoms with Gasteiger partial charge >= 0.3 is 0 Å². The highest BCUT2D eigenvalue weighted by atomic mass is 16.2. The van der Waals surface area contributed by atoms with Crippen molar-refractivity contribution in [1.82, 2.24) is 24.6 Å². The van der Waals surface area contributed by atoms with Gasteiger partial charge in [-0.3, -0.25) is 4.79 Å². The number of hydrogen-bond acceptors (Lipinski definition) is 5. The van der Waals surface area contributed by atoms with E-state index in [1.165, 1.54) is 0 Å². The molecule has 2 aliphatic rings. The van der Waals surface area contributed by atoms with Crippen molar-refractivity contribution < 1.29 is 4.79 Å². The van der Waals surface area contributed by atoms with Crippen molar-refractivity contribution in [3.8, 4) is 5.82 Å². The van der Waals surface area contributed by atoms with Gasteiger partial charge in [-0.25, -0.2) is 14.6 Å². The number of aryl methyl sites for hydroxylation is 3. The number of anilines is 1. The number of nitrogens with zero attached hydrogens (tertiary/aromatic N) is 6. The molecule has 7 nitrogen and oxygen atoms in total. The van der Waals surface area contributed by atoms with Crippen LogP contribution in [0.3, 0.4) is 0 Å². The predicted octanol–water partition coefficient (Wildman–Crippen LogP) is 1.65. The van der Waals surface area contributed by atoms with Gasteiger partial charge in [-0.15, -0.1) is 0 Å². The lowest BCUT2D eigenvalue weighted by atomic mass is 10.2. The summed E-state index contributed by atoms with van der Waals surface area (Å²) in [5, 5.41) is 4.52. The fraction of sp³-hybridized carbons (Fsp3) is 0.556. The molecule has 2 aromatic heterocycles. The highest BCUT2D eigenvalue weighted by molar-refractivity contribution is 5.81. The topological polar surface area (TPSA) is 67.2 Å². The quantitative estimate of drug-likeness (QED) is 0.850. The molecule has 0 unspecified atom stereocenters. The zero-order valence-electron chi connectivity index (χ0n) is 15.1. The van der Waals surface area contributed by atoms with Crippen LogP contribution in [0.25, 0.3) is 5.82 Å². The number of rotatable bonds is 3. The molecule has 0 bridgehead atoms. The summed E-state index contributed by atoms with van der Waals surface area (Å²) in [4.78, 5) is 25.6. The highest BCUT2D eigenvalue weighted by Crippen LogP contribution is 2.31. The molecule has 0 aromatic carbocycles. The molecular formula is C18H24N6O. The molecule has 2 aromatic rings. The molecule has 132 valence electrons. The molecule has 0 spiro atoms. The lowest BCUT2D eigenvalue weighted by molar-refractivity contribution is -0.132. The minimum Gasteiger partial charge on any atom is -0.353 e. The first kappa shape index (κ1) is 16.1. The third kappa shape index (κ3) is 3.23. The van der Waals surface area contributed by atoms with E-state index in [9.17, 15) is 4.79 Å². The molecule has 0 atom stereocenters. The first-order valence-corrected chi connectivity index (χ1v) is 8.94. The second-order valence-corrected chi connectivity index (χ2v) is 7.06. The monoisotopic (exact) mass is 340 g/mol. The maximum absolute atomic E-state index is 12.2. The van der Waals surface area contributed by atoms with Gasteiger partial charge in [-0.05, 0) is 39.7 Å². The molecule has 1 saturated heterocycles. The number of amides is 1. The van der Waals surface area contributed by atoms with Crippen molar-refractivity contribution in [3.63, 3.8) is 0 Å². The lowest BCUT2D eigenvalue weighted by Crippen LogP contribution is -2.49. The van der Waals surface area contributed by atoms with E-state index in [0.29, 0.717) is 11.8 Å². The Morgan fingerprint density at radius 1 is 1.00 bits per heavy atom. The zero-order chi connectivity index (χ0) is 17.6. The van der Waals surface area contributed by atoms with Gasteiger partial charge in [0.1, 0.15) is 11.6 Å². The first-order valence-electron chi connectivity index (χ1n) is 8.94. The summed E-state index contributed by atoms with van der Waals surface area (Å²) in [6, 6.07) is 4.03. The molecule has 7 heteroatoms. The van der Waals surface area contributed by atoms with Crippen molar-refractivity contribution in [3.05, 3.63) is 29.3 Å². The minimum atomic E-state index is 0.297. The molecule has 0 N–H and O–H groups in total. The summed E-state index contributed by atoms with van der Waals surface area (Å²) in [6.07, 6.45) is 2.13. The Bertz CT molecular complexity index is 802. The number of piperazine rings is 1. The number of aromatic nitrogens is 4. The third-order valence-electron chi connectivity index (χ3n) is 4.88. The smallest absolute Gasteiger partial charge is 0.225 e. The van der Waals surface area contributed by atoms with E-state index in [-0.39, 0.29) is 0 Å². The van der Waals surface area contributed by atoms with E-state index in [4.69, 9.17) is 0 Å². The molecule has 4 rings (SSSR count). The SMILES string of the molecule is Cc1cc(C)n(-c2cc(N3CCN(C(=O)C4CC4)CC3)nc(C)n2)n1. The van der Waals surface area contributed by atoms with Crippen LogP contribution >= 0.6 is 0 Å². The molecule has 2 fully saturated rings. The summed E-state index contributed by atoms with van der Waals surface area (Å²) >= 11 is 0. The van der Waals surface area contributed by atoms with Crippen LogP contribution in [0, 0.1) is 26.7 Å². The molecule has 3 heterocycles. The van der Waals surface area contributed by atoms with Crippen LogP contribution < -0.4 is 4.90 Å². The number of carbonyl (C=O) groups excluding carboxylic acids is 1. The molecule has 1 aliphatic heterocycles. The van der Waals surface area contributed by atoms with Gasteiger partial charge in [0.05, 0.1) is 5.69 Å². The number of carbonyl (C=O) groups is 1.